The van der Waals surface area contributed by atoms with Gasteiger partial charge in [0.05, 0.1) is 22.6 Å². The summed E-state index contributed by atoms with van der Waals surface area (Å²) in [7, 11) is 0. The van der Waals surface area contributed by atoms with Gasteiger partial charge in [0.2, 0.25) is 0 Å². The predicted molar refractivity (Wildman–Crippen MR) is 63.0 cm³/mol. The zero-order chi connectivity index (χ0) is 11.3. The average molecular weight is 326 g/mol. The van der Waals surface area contributed by atoms with Crippen molar-refractivity contribution in [2.45, 2.75) is 44.6 Å². The molecule has 5 heteroatoms. The topological polar surface area (TPSA) is 52.6 Å². The second kappa shape index (κ2) is 5.67. The van der Waals surface area contributed by atoms with Crippen molar-refractivity contribution in [1.29, 1.82) is 0 Å². The molecule has 1 saturated carbocycles. The second-order valence-electron chi connectivity index (χ2n) is 3.74. The Morgan fingerprint density at radius 3 is 2.40 bits per heavy atom. The van der Waals surface area contributed by atoms with Crippen LogP contribution in [0.3, 0.4) is 0 Å². The van der Waals surface area contributed by atoms with E-state index in [1.165, 1.54) is 22.6 Å². The van der Waals surface area contributed by atoms with E-state index in [1.807, 2.05) is 6.92 Å². The van der Waals surface area contributed by atoms with Crippen LogP contribution in [0.4, 0.5) is 4.79 Å². The van der Waals surface area contributed by atoms with E-state index < -0.39 is 9.95 Å². The van der Waals surface area contributed by atoms with Gasteiger partial charge in [0.1, 0.15) is 5.60 Å². The highest BCUT2D eigenvalue weighted by molar-refractivity contribution is 14.1. The summed E-state index contributed by atoms with van der Waals surface area (Å²) in [5.74, 6) is -0.441. The Kier molecular flexibility index (Phi) is 4.82. The molecule has 1 rings (SSSR count). The number of halogens is 1. The Balaban J connectivity index is 2.38. The molecule has 86 valence electrons. The highest BCUT2D eigenvalue weighted by Gasteiger charge is 2.35. The molecular weight excluding hydrogens is 311 g/mol. The Morgan fingerprint density at radius 2 is 1.93 bits per heavy atom. The van der Waals surface area contributed by atoms with Crippen LogP contribution in [0.2, 0.25) is 0 Å². The van der Waals surface area contributed by atoms with Gasteiger partial charge < -0.3 is 9.47 Å². The van der Waals surface area contributed by atoms with Crippen molar-refractivity contribution in [3.05, 3.63) is 0 Å². The summed E-state index contributed by atoms with van der Waals surface area (Å²) >= 11 is 1.48. The van der Waals surface area contributed by atoms with Gasteiger partial charge in [-0.3, -0.25) is 0 Å². The molecule has 0 radical (unpaired) electrons. The van der Waals surface area contributed by atoms with Crippen LogP contribution in [-0.2, 0) is 14.3 Å². The number of ether oxygens (including phenoxy) is 2. The van der Waals surface area contributed by atoms with E-state index in [4.69, 9.17) is 4.74 Å². The molecule has 0 amide bonds. The SMILES string of the molecule is CCC1(OC(=O)COC(=O)I)CCCC1. The summed E-state index contributed by atoms with van der Waals surface area (Å²) in [5, 5.41) is 0. The van der Waals surface area contributed by atoms with Gasteiger partial charge in [-0.1, -0.05) is 6.92 Å². The lowest BCUT2D eigenvalue weighted by atomic mass is 9.99. The van der Waals surface area contributed by atoms with Crippen molar-refractivity contribution in [3.8, 4) is 0 Å². The third-order valence-electron chi connectivity index (χ3n) is 2.79. The molecular formula is C10H15IO4. The summed E-state index contributed by atoms with van der Waals surface area (Å²) in [6.45, 7) is 1.74. The first-order valence-corrected chi connectivity index (χ1v) is 6.20. The molecule has 0 heterocycles. The first-order chi connectivity index (χ1) is 7.08. The monoisotopic (exact) mass is 326 g/mol. The maximum absolute atomic E-state index is 11.4. The third kappa shape index (κ3) is 3.96. The second-order valence-corrected chi connectivity index (χ2v) is 4.62. The predicted octanol–water partition coefficient (Wildman–Crippen LogP) is 2.82. The van der Waals surface area contributed by atoms with Gasteiger partial charge in [-0.05, 0) is 32.1 Å². The van der Waals surface area contributed by atoms with Gasteiger partial charge in [-0.15, -0.1) is 0 Å². The molecule has 0 unspecified atom stereocenters. The molecule has 0 aromatic rings. The van der Waals surface area contributed by atoms with Crippen molar-refractivity contribution in [3.63, 3.8) is 0 Å². The van der Waals surface area contributed by atoms with E-state index in [-0.39, 0.29) is 12.2 Å². The molecule has 1 aliphatic rings. The summed E-state index contributed by atoms with van der Waals surface area (Å²) in [6.07, 6.45) is 4.89. The lowest BCUT2D eigenvalue weighted by Gasteiger charge is -2.27. The molecule has 0 N–H and O–H groups in total. The van der Waals surface area contributed by atoms with E-state index >= 15 is 0 Å². The normalized spacial score (nSPS) is 18.5. The molecule has 0 saturated heterocycles. The van der Waals surface area contributed by atoms with Crippen LogP contribution >= 0.6 is 22.6 Å². The maximum Gasteiger partial charge on any atom is 0.367 e. The zero-order valence-electron chi connectivity index (χ0n) is 8.75. The first kappa shape index (κ1) is 12.7. The number of rotatable bonds is 4. The van der Waals surface area contributed by atoms with E-state index in [2.05, 4.69) is 4.74 Å². The highest BCUT2D eigenvalue weighted by Crippen LogP contribution is 2.35. The standard InChI is InChI=1S/C10H15IO4/c1-2-10(5-3-4-6-10)15-8(12)7-14-9(11)13/h2-7H2,1H3. The average Bonchev–Trinajstić information content (AvgIpc) is 2.64. The van der Waals surface area contributed by atoms with Crippen molar-refractivity contribution in [2.75, 3.05) is 6.61 Å². The number of carbonyl (C=O) groups is 2. The molecule has 15 heavy (non-hydrogen) atoms. The van der Waals surface area contributed by atoms with Gasteiger partial charge in [0.15, 0.2) is 6.61 Å². The molecule has 1 aliphatic carbocycles. The fourth-order valence-electron chi connectivity index (χ4n) is 1.93. The van der Waals surface area contributed by atoms with Crippen molar-refractivity contribution in [2.24, 2.45) is 0 Å². The Hall–Kier alpha value is -0.330. The molecule has 4 nitrogen and oxygen atoms in total. The zero-order valence-corrected chi connectivity index (χ0v) is 10.9. The van der Waals surface area contributed by atoms with Crippen LogP contribution in [0, 0.1) is 0 Å². The van der Waals surface area contributed by atoms with Crippen molar-refractivity contribution < 1.29 is 19.1 Å². The van der Waals surface area contributed by atoms with E-state index in [0.29, 0.717) is 0 Å². The third-order valence-corrected chi connectivity index (χ3v) is 3.10. The lowest BCUT2D eigenvalue weighted by molar-refractivity contribution is -0.162. The molecule has 0 aromatic heterocycles. The van der Waals surface area contributed by atoms with Crippen LogP contribution in [0.25, 0.3) is 0 Å². The fraction of sp³-hybridized carbons (Fsp3) is 0.800. The largest absolute Gasteiger partial charge is 0.457 e. The van der Waals surface area contributed by atoms with Gasteiger partial charge in [0, 0.05) is 0 Å². The Labute approximate surface area is 103 Å². The molecule has 0 atom stereocenters. The van der Waals surface area contributed by atoms with E-state index in [0.717, 1.165) is 32.1 Å². The van der Waals surface area contributed by atoms with Crippen LogP contribution in [0.15, 0.2) is 0 Å². The molecule has 0 spiro atoms. The minimum atomic E-state index is -0.485. The van der Waals surface area contributed by atoms with Gasteiger partial charge in [-0.2, -0.15) is 0 Å². The smallest absolute Gasteiger partial charge is 0.367 e. The van der Waals surface area contributed by atoms with Crippen LogP contribution in [0.5, 0.6) is 0 Å². The van der Waals surface area contributed by atoms with Gasteiger partial charge in [0.25, 0.3) is 0 Å². The molecule has 0 aliphatic heterocycles. The molecule has 0 aromatic carbocycles. The van der Waals surface area contributed by atoms with Crippen molar-refractivity contribution >= 4 is 32.5 Å². The molecule has 1 fully saturated rings. The summed E-state index contributed by atoms with van der Waals surface area (Å²) in [4.78, 5) is 21.9. The summed E-state index contributed by atoms with van der Waals surface area (Å²) in [5.41, 5.74) is -0.297. The van der Waals surface area contributed by atoms with Crippen molar-refractivity contribution in [1.82, 2.24) is 0 Å². The molecule has 0 bridgehead atoms. The van der Waals surface area contributed by atoms with E-state index in [9.17, 15) is 9.59 Å². The van der Waals surface area contributed by atoms with Gasteiger partial charge >= 0.3 is 9.95 Å². The minimum absolute atomic E-state index is 0.274. The maximum atomic E-state index is 11.4. The fourth-order valence-corrected chi connectivity index (χ4v) is 2.09. The van der Waals surface area contributed by atoms with Crippen LogP contribution in [0.1, 0.15) is 39.0 Å². The Morgan fingerprint density at radius 1 is 1.33 bits per heavy atom. The highest BCUT2D eigenvalue weighted by atomic mass is 127. The number of carbonyl (C=O) groups excluding carboxylic acids is 2. The quantitative estimate of drug-likeness (QED) is 0.453. The van der Waals surface area contributed by atoms with Gasteiger partial charge in [-0.25, -0.2) is 9.59 Å². The number of hydrogen-bond acceptors (Lipinski definition) is 4. The van der Waals surface area contributed by atoms with Crippen LogP contribution < -0.4 is 0 Å². The summed E-state index contributed by atoms with van der Waals surface area (Å²) < 4.78 is 9.47. The number of esters is 1. The van der Waals surface area contributed by atoms with Crippen LogP contribution in [-0.4, -0.2) is 22.2 Å². The Bertz CT molecular complexity index is 246. The first-order valence-electron chi connectivity index (χ1n) is 5.12. The minimum Gasteiger partial charge on any atom is -0.457 e. The van der Waals surface area contributed by atoms with E-state index in [1.54, 1.807) is 0 Å². The summed E-state index contributed by atoms with van der Waals surface area (Å²) in [6, 6.07) is 0. The number of hydrogen-bond donors (Lipinski definition) is 0. The lowest BCUT2D eigenvalue weighted by Crippen LogP contribution is -2.32.